The lowest BCUT2D eigenvalue weighted by atomic mass is 10.7. The van der Waals surface area contributed by atoms with Gasteiger partial charge >= 0.3 is 0 Å². The van der Waals surface area contributed by atoms with E-state index < -0.39 is 0 Å². The van der Waals surface area contributed by atoms with Crippen molar-refractivity contribution >= 4 is 0 Å². The first-order valence-corrected chi connectivity index (χ1v) is 1.65. The molecule has 0 fully saturated rings. The van der Waals surface area contributed by atoms with Gasteiger partial charge in [0, 0.05) is 0 Å². The fourth-order valence-corrected chi connectivity index (χ4v) is 0.0833. The van der Waals surface area contributed by atoms with Crippen LogP contribution in [0.3, 0.4) is 0 Å². The highest BCUT2D eigenvalue weighted by Gasteiger charge is 1.84. The topological polar surface area (TPSA) is 116 Å². The maximum absolute atomic E-state index is 5.01. The van der Waals surface area contributed by atoms with Crippen molar-refractivity contribution in [2.24, 2.45) is 23.0 Å². The Labute approximate surface area is 41.3 Å². The molecular weight excluding hydrogens is 94.1 g/mol. The summed E-state index contributed by atoms with van der Waals surface area (Å²) in [5, 5.41) is 0. The van der Waals surface area contributed by atoms with Gasteiger partial charge in [-0.2, -0.15) is 0 Å². The average Bonchev–Trinajstić information content (AvgIpc) is 1.65. The van der Waals surface area contributed by atoms with Crippen LogP contribution in [0, 0.1) is 0 Å². The number of nitrogens with one attached hydrogen (secondary N) is 1. The van der Waals surface area contributed by atoms with Crippen molar-refractivity contribution < 1.29 is 0 Å². The molecule has 0 aliphatic rings. The van der Waals surface area contributed by atoms with E-state index >= 15 is 0 Å². The minimum absolute atomic E-state index is 0.00231. The summed E-state index contributed by atoms with van der Waals surface area (Å²) in [6.45, 7) is 0. The van der Waals surface area contributed by atoms with E-state index in [1.54, 1.807) is 0 Å². The Balaban J connectivity index is 3.72. The van der Waals surface area contributed by atoms with Gasteiger partial charge in [-0.1, -0.05) is 0 Å². The third-order valence-electron chi connectivity index (χ3n) is 0.467. The molecule has 0 bridgehead atoms. The summed E-state index contributed by atoms with van der Waals surface area (Å²) in [7, 11) is 0. The van der Waals surface area contributed by atoms with Crippen molar-refractivity contribution in [2.45, 2.75) is 0 Å². The summed E-state index contributed by atoms with van der Waals surface area (Å²) in [6, 6.07) is 0. The second-order valence-electron chi connectivity index (χ2n) is 1.01. The molecule has 0 aromatic heterocycles. The van der Waals surface area contributed by atoms with Crippen molar-refractivity contribution in [3.05, 3.63) is 11.6 Å². The Morgan fingerprint density at radius 1 is 1.14 bits per heavy atom. The predicted molar refractivity (Wildman–Crippen MR) is 26.9 cm³/mol. The van der Waals surface area contributed by atoms with E-state index in [2.05, 4.69) is 5.43 Å². The first-order valence-electron chi connectivity index (χ1n) is 1.65. The zero-order valence-electron chi connectivity index (χ0n) is 3.81. The Hall–Kier alpha value is -1.10. The van der Waals surface area contributed by atoms with Crippen LogP contribution >= 0.6 is 0 Å². The van der Waals surface area contributed by atoms with Gasteiger partial charge in [0.05, 0.1) is 0 Å². The smallest absolute Gasteiger partial charge is 0.151 e. The quantitative estimate of drug-likeness (QED) is 0.185. The van der Waals surface area contributed by atoms with Crippen molar-refractivity contribution in [3.63, 3.8) is 0 Å². The van der Waals surface area contributed by atoms with Gasteiger partial charge in [0.1, 0.15) is 5.82 Å². The van der Waals surface area contributed by atoms with Crippen LogP contribution in [0.2, 0.25) is 0 Å². The van der Waals surface area contributed by atoms with Crippen molar-refractivity contribution in [1.29, 1.82) is 0 Å². The van der Waals surface area contributed by atoms with Gasteiger partial charge < -0.3 is 22.6 Å². The van der Waals surface area contributed by atoms with Crippen LogP contribution in [0.15, 0.2) is 11.6 Å². The minimum atomic E-state index is 0.00231. The molecule has 0 radical (unpaired) electrons. The first-order chi connectivity index (χ1) is 3.18. The molecule has 0 aromatic rings. The predicted octanol–water partition coefficient (Wildman–Crippen LogP) is -2.55. The maximum atomic E-state index is 5.01. The average molecular weight is 103 g/mol. The van der Waals surface area contributed by atoms with Crippen molar-refractivity contribution in [3.8, 4) is 0 Å². The van der Waals surface area contributed by atoms with Gasteiger partial charge in [-0.3, -0.25) is 0 Å². The van der Waals surface area contributed by atoms with E-state index in [1.807, 2.05) is 0 Å². The van der Waals surface area contributed by atoms with Crippen LogP contribution in [-0.2, 0) is 0 Å². The summed E-state index contributed by atoms with van der Waals surface area (Å²) >= 11 is 0. The first kappa shape index (κ1) is 5.90. The highest BCUT2D eigenvalue weighted by Crippen LogP contribution is 1.67. The van der Waals surface area contributed by atoms with Crippen LogP contribution in [0.4, 0.5) is 0 Å². The molecule has 0 unspecified atom stereocenters. The van der Waals surface area contributed by atoms with Crippen LogP contribution in [0.1, 0.15) is 0 Å². The molecular formula is C2H9N5. The number of hydrogen-bond acceptors (Lipinski definition) is 5. The van der Waals surface area contributed by atoms with Gasteiger partial charge in [0.2, 0.25) is 0 Å². The standard InChI is InChI=1S/C2H9N5/c3-1(4)2(5)7-6/h7H,3-6H2. The Morgan fingerprint density at radius 3 is 1.57 bits per heavy atom. The number of hydrogen-bond donors (Lipinski definition) is 5. The fraction of sp³-hybridized carbons (Fsp3) is 0. The zero-order valence-corrected chi connectivity index (χ0v) is 3.81. The lowest BCUT2D eigenvalue weighted by molar-refractivity contribution is 0.839. The van der Waals surface area contributed by atoms with E-state index in [9.17, 15) is 0 Å². The molecule has 5 heteroatoms. The molecule has 9 N–H and O–H groups in total. The van der Waals surface area contributed by atoms with E-state index in [4.69, 9.17) is 23.0 Å². The number of rotatable bonds is 1. The monoisotopic (exact) mass is 103 g/mol. The van der Waals surface area contributed by atoms with Gasteiger partial charge in [0.25, 0.3) is 0 Å². The molecule has 0 spiro atoms. The SMILES string of the molecule is NNC(N)=C(N)N. The summed E-state index contributed by atoms with van der Waals surface area (Å²) in [6.07, 6.45) is 0. The Bertz CT molecular complexity index is 80.1. The molecule has 0 amide bonds. The molecule has 0 aliphatic carbocycles. The minimum Gasteiger partial charge on any atom is -0.383 e. The molecule has 0 atom stereocenters. The van der Waals surface area contributed by atoms with Gasteiger partial charge in [-0.15, -0.1) is 0 Å². The molecule has 5 nitrogen and oxygen atoms in total. The molecule has 7 heavy (non-hydrogen) atoms. The van der Waals surface area contributed by atoms with E-state index in [1.165, 1.54) is 0 Å². The second-order valence-corrected chi connectivity index (χ2v) is 1.01. The largest absolute Gasteiger partial charge is 0.383 e. The molecule has 0 aromatic carbocycles. The third-order valence-corrected chi connectivity index (χ3v) is 0.467. The number of hydrazine groups is 1. The lowest BCUT2D eigenvalue weighted by Gasteiger charge is -1.98. The normalized spacial score (nSPS) is 7.57. The Morgan fingerprint density at radius 2 is 1.57 bits per heavy atom. The van der Waals surface area contributed by atoms with Gasteiger partial charge in [-0.05, 0) is 0 Å². The summed E-state index contributed by atoms with van der Waals surface area (Å²) in [5.41, 5.74) is 17.0. The van der Waals surface area contributed by atoms with E-state index in [0.29, 0.717) is 0 Å². The second kappa shape index (κ2) is 2.14. The Kier molecular flexibility index (Phi) is 1.80. The summed E-state index contributed by atoms with van der Waals surface area (Å²) in [4.78, 5) is 0. The van der Waals surface area contributed by atoms with Crippen LogP contribution in [0.5, 0.6) is 0 Å². The van der Waals surface area contributed by atoms with E-state index in [-0.39, 0.29) is 11.6 Å². The third kappa shape index (κ3) is 1.72. The molecule has 0 rings (SSSR count). The molecule has 0 saturated heterocycles. The summed E-state index contributed by atoms with van der Waals surface area (Å²) < 4.78 is 0. The molecule has 0 aliphatic heterocycles. The molecule has 0 saturated carbocycles. The van der Waals surface area contributed by atoms with Crippen LogP contribution in [0.25, 0.3) is 0 Å². The zero-order chi connectivity index (χ0) is 5.86. The highest BCUT2D eigenvalue weighted by atomic mass is 15.3. The van der Waals surface area contributed by atoms with Crippen molar-refractivity contribution in [2.75, 3.05) is 0 Å². The highest BCUT2D eigenvalue weighted by molar-refractivity contribution is 4.98. The molecule has 0 heterocycles. The number of nitrogens with two attached hydrogens (primary N) is 4. The maximum Gasteiger partial charge on any atom is 0.151 e. The van der Waals surface area contributed by atoms with E-state index in [0.717, 1.165) is 0 Å². The van der Waals surface area contributed by atoms with Gasteiger partial charge in [-0.25, -0.2) is 5.84 Å². The fourth-order valence-electron chi connectivity index (χ4n) is 0.0833. The lowest BCUT2D eigenvalue weighted by Crippen LogP contribution is -2.32. The summed E-state index contributed by atoms with van der Waals surface area (Å²) in [5.74, 6) is 4.88. The van der Waals surface area contributed by atoms with Crippen LogP contribution in [-0.4, -0.2) is 0 Å². The molecule has 42 valence electrons. The van der Waals surface area contributed by atoms with Crippen molar-refractivity contribution in [1.82, 2.24) is 5.43 Å². The van der Waals surface area contributed by atoms with Crippen LogP contribution < -0.4 is 28.5 Å². The van der Waals surface area contributed by atoms with Gasteiger partial charge in [0.15, 0.2) is 5.82 Å².